The van der Waals surface area contributed by atoms with Crippen LogP contribution in [0.1, 0.15) is 48.0 Å². The number of aryl methyl sites for hydroxylation is 1. The van der Waals surface area contributed by atoms with Gasteiger partial charge in [0.15, 0.2) is 0 Å². The molecule has 0 saturated heterocycles. The maximum atomic E-state index is 12.7. The molecule has 1 aliphatic rings. The van der Waals surface area contributed by atoms with E-state index in [1.165, 1.54) is 43.9 Å². The zero-order chi connectivity index (χ0) is 19.8. The maximum absolute atomic E-state index is 12.7. The first kappa shape index (κ1) is 20.5. The van der Waals surface area contributed by atoms with Crippen molar-refractivity contribution in [2.45, 2.75) is 43.9 Å². The molecule has 1 saturated carbocycles. The second-order valence-corrected chi connectivity index (χ2v) is 8.43. The van der Waals surface area contributed by atoms with Crippen LogP contribution in [0.25, 0.3) is 0 Å². The lowest BCUT2D eigenvalue weighted by Gasteiger charge is -2.21. The van der Waals surface area contributed by atoms with Crippen molar-refractivity contribution in [3.63, 3.8) is 0 Å². The highest BCUT2D eigenvalue weighted by Crippen LogP contribution is 2.25. The van der Waals surface area contributed by atoms with Crippen LogP contribution in [0.4, 0.5) is 5.69 Å². The molecule has 148 valence electrons. The van der Waals surface area contributed by atoms with E-state index in [0.29, 0.717) is 17.2 Å². The Balaban J connectivity index is 1.54. The molecule has 0 aromatic heterocycles. The molecule has 2 N–H and O–H groups in total. The molecule has 0 unspecified atom stereocenters. The van der Waals surface area contributed by atoms with Gasteiger partial charge in [-0.05, 0) is 55.5 Å². The topological polar surface area (TPSA) is 58.2 Å². The first-order chi connectivity index (χ1) is 13.6. The zero-order valence-corrected chi connectivity index (χ0v) is 17.2. The molecule has 2 amide bonds. The van der Waals surface area contributed by atoms with Gasteiger partial charge in [-0.25, -0.2) is 0 Å². The van der Waals surface area contributed by atoms with Gasteiger partial charge < -0.3 is 10.6 Å². The van der Waals surface area contributed by atoms with E-state index in [-0.39, 0.29) is 11.8 Å². The molecule has 3 rings (SSSR count). The van der Waals surface area contributed by atoms with Gasteiger partial charge in [0.25, 0.3) is 5.91 Å². The molecule has 5 heteroatoms. The lowest BCUT2D eigenvalue weighted by Crippen LogP contribution is -2.31. The minimum atomic E-state index is -0.156. The van der Waals surface area contributed by atoms with Crippen LogP contribution in [0.3, 0.4) is 0 Å². The van der Waals surface area contributed by atoms with E-state index < -0.39 is 0 Å². The van der Waals surface area contributed by atoms with Crippen LogP contribution in [0.15, 0.2) is 53.4 Å². The molecule has 0 radical (unpaired) electrons. The monoisotopic (exact) mass is 396 g/mol. The Bertz CT molecular complexity index is 816. The van der Waals surface area contributed by atoms with Crippen molar-refractivity contribution in [3.8, 4) is 0 Å². The minimum absolute atomic E-state index is 0.0319. The van der Waals surface area contributed by atoms with E-state index in [2.05, 4.69) is 10.6 Å². The molecule has 0 spiro atoms. The Morgan fingerprint density at radius 3 is 2.61 bits per heavy atom. The predicted octanol–water partition coefficient (Wildman–Crippen LogP) is 5.04. The SMILES string of the molecule is Cc1cccc(NC(=O)c2ccccc2SCC(=O)NCC2CCCCC2)c1. The zero-order valence-electron chi connectivity index (χ0n) is 16.4. The lowest BCUT2D eigenvalue weighted by molar-refractivity contribution is -0.118. The number of rotatable bonds is 7. The molecule has 0 atom stereocenters. The summed E-state index contributed by atoms with van der Waals surface area (Å²) in [7, 11) is 0. The Morgan fingerprint density at radius 1 is 1.04 bits per heavy atom. The fraction of sp³-hybridized carbons (Fsp3) is 0.391. The maximum Gasteiger partial charge on any atom is 0.256 e. The Morgan fingerprint density at radius 2 is 1.82 bits per heavy atom. The van der Waals surface area contributed by atoms with Gasteiger partial charge in [0.1, 0.15) is 0 Å². The van der Waals surface area contributed by atoms with Crippen LogP contribution >= 0.6 is 11.8 Å². The van der Waals surface area contributed by atoms with Crippen molar-refractivity contribution in [1.29, 1.82) is 0 Å². The standard InChI is InChI=1S/C23H28N2O2S/c1-17-8-7-11-19(14-17)25-23(27)20-12-5-6-13-21(20)28-16-22(26)24-15-18-9-3-2-4-10-18/h5-8,11-14,18H,2-4,9-10,15-16H2,1H3,(H,24,26)(H,25,27). The normalized spacial score (nSPS) is 14.5. The summed E-state index contributed by atoms with van der Waals surface area (Å²) in [6.07, 6.45) is 6.31. The van der Waals surface area contributed by atoms with Gasteiger partial charge in [0.2, 0.25) is 5.91 Å². The quantitative estimate of drug-likeness (QED) is 0.645. The van der Waals surface area contributed by atoms with Crippen LogP contribution < -0.4 is 10.6 Å². The molecular weight excluding hydrogens is 368 g/mol. The highest BCUT2D eigenvalue weighted by atomic mass is 32.2. The van der Waals surface area contributed by atoms with Gasteiger partial charge in [-0.3, -0.25) is 9.59 Å². The van der Waals surface area contributed by atoms with Gasteiger partial charge in [-0.1, -0.05) is 43.5 Å². The molecule has 4 nitrogen and oxygen atoms in total. The van der Waals surface area contributed by atoms with Crippen molar-refractivity contribution in [2.75, 3.05) is 17.6 Å². The molecule has 0 bridgehead atoms. The number of hydrogen-bond acceptors (Lipinski definition) is 3. The predicted molar refractivity (Wildman–Crippen MR) is 116 cm³/mol. The lowest BCUT2D eigenvalue weighted by atomic mass is 9.89. The average Bonchev–Trinajstić information content (AvgIpc) is 2.71. The molecule has 1 fully saturated rings. The molecular formula is C23H28N2O2S. The summed E-state index contributed by atoms with van der Waals surface area (Å²) in [4.78, 5) is 25.8. The fourth-order valence-electron chi connectivity index (χ4n) is 3.55. The van der Waals surface area contributed by atoms with Crippen LogP contribution in [0.2, 0.25) is 0 Å². The number of nitrogens with one attached hydrogen (secondary N) is 2. The highest BCUT2D eigenvalue weighted by molar-refractivity contribution is 8.00. The van der Waals surface area contributed by atoms with Crippen molar-refractivity contribution >= 4 is 29.3 Å². The van der Waals surface area contributed by atoms with E-state index in [0.717, 1.165) is 22.7 Å². The number of carbonyl (C=O) groups is 2. The largest absolute Gasteiger partial charge is 0.355 e. The molecule has 1 aliphatic carbocycles. The molecule has 0 heterocycles. The summed E-state index contributed by atoms with van der Waals surface area (Å²) in [6, 6.07) is 15.2. The number of amides is 2. The van der Waals surface area contributed by atoms with E-state index in [9.17, 15) is 9.59 Å². The van der Waals surface area contributed by atoms with Crippen LogP contribution in [0, 0.1) is 12.8 Å². The first-order valence-electron chi connectivity index (χ1n) is 9.98. The third-order valence-electron chi connectivity index (χ3n) is 5.08. The number of carbonyl (C=O) groups excluding carboxylic acids is 2. The number of benzene rings is 2. The van der Waals surface area contributed by atoms with Crippen LogP contribution in [-0.2, 0) is 4.79 Å². The fourth-order valence-corrected chi connectivity index (χ4v) is 4.42. The Hall–Kier alpha value is -2.27. The highest BCUT2D eigenvalue weighted by Gasteiger charge is 2.16. The van der Waals surface area contributed by atoms with E-state index in [4.69, 9.17) is 0 Å². The summed E-state index contributed by atoms with van der Waals surface area (Å²) in [5.74, 6) is 0.817. The summed E-state index contributed by atoms with van der Waals surface area (Å²) in [6.45, 7) is 2.76. The van der Waals surface area contributed by atoms with Crippen molar-refractivity contribution in [3.05, 3.63) is 59.7 Å². The number of thioether (sulfide) groups is 1. The third kappa shape index (κ3) is 6.13. The van der Waals surface area contributed by atoms with E-state index in [1.807, 2.05) is 49.4 Å². The van der Waals surface area contributed by atoms with E-state index >= 15 is 0 Å². The molecule has 2 aromatic carbocycles. The number of hydrogen-bond donors (Lipinski definition) is 2. The van der Waals surface area contributed by atoms with Crippen molar-refractivity contribution < 1.29 is 9.59 Å². The van der Waals surface area contributed by atoms with Crippen molar-refractivity contribution in [2.24, 2.45) is 5.92 Å². The second-order valence-electron chi connectivity index (χ2n) is 7.42. The van der Waals surface area contributed by atoms with Gasteiger partial charge in [-0.15, -0.1) is 11.8 Å². The van der Waals surface area contributed by atoms with Gasteiger partial charge in [0, 0.05) is 17.1 Å². The molecule has 28 heavy (non-hydrogen) atoms. The summed E-state index contributed by atoms with van der Waals surface area (Å²) in [5, 5.41) is 6.00. The number of anilines is 1. The van der Waals surface area contributed by atoms with Crippen LogP contribution in [-0.4, -0.2) is 24.1 Å². The molecule has 0 aliphatic heterocycles. The van der Waals surface area contributed by atoms with Crippen molar-refractivity contribution in [1.82, 2.24) is 5.32 Å². The molecule has 2 aromatic rings. The summed E-state index contributed by atoms with van der Waals surface area (Å²) >= 11 is 1.41. The second kappa shape index (κ2) is 10.3. The third-order valence-corrected chi connectivity index (χ3v) is 6.15. The summed E-state index contributed by atoms with van der Waals surface area (Å²) in [5.41, 5.74) is 2.46. The summed E-state index contributed by atoms with van der Waals surface area (Å²) < 4.78 is 0. The van der Waals surface area contributed by atoms with E-state index in [1.54, 1.807) is 6.07 Å². The Labute approximate surface area is 171 Å². The van der Waals surface area contributed by atoms with Gasteiger partial charge in [-0.2, -0.15) is 0 Å². The minimum Gasteiger partial charge on any atom is -0.355 e. The smallest absolute Gasteiger partial charge is 0.256 e. The van der Waals surface area contributed by atoms with Gasteiger partial charge >= 0.3 is 0 Å². The van der Waals surface area contributed by atoms with Crippen LogP contribution in [0.5, 0.6) is 0 Å². The average molecular weight is 397 g/mol. The first-order valence-corrected chi connectivity index (χ1v) is 11.0. The Kier molecular flexibility index (Phi) is 7.54. The van der Waals surface area contributed by atoms with Gasteiger partial charge in [0.05, 0.1) is 11.3 Å².